The molecule has 7 nitrogen and oxygen atoms in total. The minimum Gasteiger partial charge on any atom is -0.493 e. The molecule has 1 saturated heterocycles. The van der Waals surface area contributed by atoms with Gasteiger partial charge in [0.25, 0.3) is 11.8 Å². The average Bonchev–Trinajstić information content (AvgIpc) is 3.16. The number of rotatable bonds is 8. The number of carbonyl (C=O) groups is 2. The molecular formula is C28H27N3O4S. The van der Waals surface area contributed by atoms with E-state index in [1.54, 1.807) is 42.3 Å². The van der Waals surface area contributed by atoms with Gasteiger partial charge in [-0.3, -0.25) is 14.5 Å². The zero-order valence-corrected chi connectivity index (χ0v) is 21.2. The van der Waals surface area contributed by atoms with Crippen LogP contribution in [0.2, 0.25) is 0 Å². The molecule has 0 radical (unpaired) electrons. The molecule has 8 heteroatoms. The second-order valence-electron chi connectivity index (χ2n) is 7.96. The summed E-state index contributed by atoms with van der Waals surface area (Å²) in [5.74, 6) is 0.502. The number of hydrogen-bond donors (Lipinski definition) is 1. The van der Waals surface area contributed by atoms with Gasteiger partial charge in [-0.15, -0.1) is 0 Å². The zero-order valence-electron chi connectivity index (χ0n) is 20.4. The van der Waals surface area contributed by atoms with Gasteiger partial charge in [0.2, 0.25) is 0 Å². The van der Waals surface area contributed by atoms with E-state index in [1.807, 2.05) is 48.5 Å². The van der Waals surface area contributed by atoms with Crippen molar-refractivity contribution in [3.63, 3.8) is 0 Å². The van der Waals surface area contributed by atoms with Gasteiger partial charge in [-0.25, -0.2) is 4.99 Å². The maximum Gasteiger partial charge on any atom is 0.266 e. The molecule has 1 heterocycles. The number of aliphatic imine (C=N–C) groups is 1. The quantitative estimate of drug-likeness (QED) is 0.412. The third-order valence-electron chi connectivity index (χ3n) is 5.49. The monoisotopic (exact) mass is 501 g/mol. The highest BCUT2D eigenvalue weighted by atomic mass is 32.2. The van der Waals surface area contributed by atoms with Crippen LogP contribution < -0.4 is 14.8 Å². The van der Waals surface area contributed by atoms with Gasteiger partial charge < -0.3 is 14.8 Å². The number of nitrogens with zero attached hydrogens (tertiary/aromatic N) is 2. The molecule has 36 heavy (non-hydrogen) atoms. The number of ether oxygens (including phenoxy) is 2. The first-order valence-electron chi connectivity index (χ1n) is 11.5. The van der Waals surface area contributed by atoms with E-state index in [2.05, 4.69) is 12.2 Å². The van der Waals surface area contributed by atoms with Gasteiger partial charge in [0.1, 0.15) is 0 Å². The lowest BCUT2D eigenvalue weighted by atomic mass is 10.1. The molecule has 1 fully saturated rings. The van der Waals surface area contributed by atoms with Crippen molar-refractivity contribution in [2.24, 2.45) is 4.99 Å². The van der Waals surface area contributed by atoms with Crippen LogP contribution in [-0.4, -0.2) is 42.6 Å². The van der Waals surface area contributed by atoms with Crippen molar-refractivity contribution in [3.05, 3.63) is 88.8 Å². The SMILES string of the molecule is CCc1ccccc1N=C1S/C(=C/c2ccc(OCC(=O)Nc3ccccc3)c(OC)c2)C(=O)N1C. The number of carbonyl (C=O) groups excluding carboxylic acids is 2. The van der Waals surface area contributed by atoms with Crippen LogP contribution in [0.1, 0.15) is 18.1 Å². The van der Waals surface area contributed by atoms with Crippen molar-refractivity contribution in [1.29, 1.82) is 0 Å². The van der Waals surface area contributed by atoms with E-state index in [0.29, 0.717) is 27.3 Å². The smallest absolute Gasteiger partial charge is 0.266 e. The van der Waals surface area contributed by atoms with Crippen LogP contribution in [0.4, 0.5) is 11.4 Å². The second kappa shape index (κ2) is 11.6. The first kappa shape index (κ1) is 25.1. The molecule has 0 unspecified atom stereocenters. The van der Waals surface area contributed by atoms with Crippen LogP contribution in [0.25, 0.3) is 6.08 Å². The molecule has 0 saturated carbocycles. The largest absolute Gasteiger partial charge is 0.493 e. The maximum absolute atomic E-state index is 12.9. The molecule has 2 amide bonds. The number of likely N-dealkylation sites (N-methyl/N-ethyl adjacent to an activating group) is 1. The highest BCUT2D eigenvalue weighted by molar-refractivity contribution is 8.18. The van der Waals surface area contributed by atoms with E-state index in [9.17, 15) is 9.59 Å². The molecule has 0 aliphatic carbocycles. The van der Waals surface area contributed by atoms with Crippen molar-refractivity contribution in [1.82, 2.24) is 4.90 Å². The molecule has 0 atom stereocenters. The number of aryl methyl sites for hydroxylation is 1. The van der Waals surface area contributed by atoms with Crippen LogP contribution in [0.3, 0.4) is 0 Å². The molecular weight excluding hydrogens is 474 g/mol. The molecule has 0 bridgehead atoms. The van der Waals surface area contributed by atoms with Crippen LogP contribution in [0.15, 0.2) is 82.7 Å². The Bertz CT molecular complexity index is 1320. The molecule has 1 aliphatic rings. The van der Waals surface area contributed by atoms with E-state index < -0.39 is 0 Å². The van der Waals surface area contributed by atoms with Crippen LogP contribution in [0.5, 0.6) is 11.5 Å². The second-order valence-corrected chi connectivity index (χ2v) is 8.97. The van der Waals surface area contributed by atoms with Crippen LogP contribution >= 0.6 is 11.8 Å². The molecule has 184 valence electrons. The normalized spacial score (nSPS) is 15.4. The lowest BCUT2D eigenvalue weighted by Crippen LogP contribution is -2.23. The molecule has 3 aromatic rings. The van der Waals surface area contributed by atoms with E-state index in [-0.39, 0.29) is 18.4 Å². The predicted octanol–water partition coefficient (Wildman–Crippen LogP) is 5.51. The van der Waals surface area contributed by atoms with E-state index in [0.717, 1.165) is 23.2 Å². The number of methoxy groups -OCH3 is 1. The van der Waals surface area contributed by atoms with Gasteiger partial charge in [0.15, 0.2) is 23.3 Å². The fourth-order valence-electron chi connectivity index (χ4n) is 3.58. The fraction of sp³-hybridized carbons (Fsp3) is 0.179. The van der Waals surface area contributed by atoms with Crippen molar-refractivity contribution < 1.29 is 19.1 Å². The van der Waals surface area contributed by atoms with Gasteiger partial charge in [-0.1, -0.05) is 49.4 Å². The Kier molecular flexibility index (Phi) is 8.07. The summed E-state index contributed by atoms with van der Waals surface area (Å²) in [4.78, 5) is 31.9. The van der Waals surface area contributed by atoms with Crippen molar-refractivity contribution in [3.8, 4) is 11.5 Å². The summed E-state index contributed by atoms with van der Waals surface area (Å²) >= 11 is 1.33. The zero-order chi connectivity index (χ0) is 25.5. The van der Waals surface area contributed by atoms with E-state index in [4.69, 9.17) is 14.5 Å². The molecule has 4 rings (SSSR count). The Hall–Kier alpha value is -4.04. The van der Waals surface area contributed by atoms with Gasteiger partial charge in [0.05, 0.1) is 17.7 Å². The van der Waals surface area contributed by atoms with Gasteiger partial charge >= 0.3 is 0 Å². The molecule has 3 aromatic carbocycles. The Balaban J connectivity index is 1.47. The average molecular weight is 502 g/mol. The summed E-state index contributed by atoms with van der Waals surface area (Å²) < 4.78 is 11.1. The summed E-state index contributed by atoms with van der Waals surface area (Å²) in [5.41, 5.74) is 3.46. The van der Waals surface area contributed by atoms with Gasteiger partial charge in [-0.2, -0.15) is 0 Å². The molecule has 0 aromatic heterocycles. The summed E-state index contributed by atoms with van der Waals surface area (Å²) in [6.45, 7) is 1.92. The first-order valence-corrected chi connectivity index (χ1v) is 12.3. The summed E-state index contributed by atoms with van der Waals surface area (Å²) in [6.07, 6.45) is 2.66. The summed E-state index contributed by atoms with van der Waals surface area (Å²) in [7, 11) is 3.25. The third-order valence-corrected chi connectivity index (χ3v) is 6.55. The summed E-state index contributed by atoms with van der Waals surface area (Å²) in [6, 6.07) is 22.4. The molecule has 0 spiro atoms. The third kappa shape index (κ3) is 5.95. The fourth-order valence-corrected chi connectivity index (χ4v) is 4.56. The number of para-hydroxylation sites is 2. The topological polar surface area (TPSA) is 80.2 Å². The first-order chi connectivity index (χ1) is 17.5. The number of amidine groups is 1. The maximum atomic E-state index is 12.9. The molecule has 1 aliphatic heterocycles. The Labute approximate surface area is 214 Å². The van der Waals surface area contributed by atoms with Crippen molar-refractivity contribution in [2.45, 2.75) is 13.3 Å². The van der Waals surface area contributed by atoms with E-state index >= 15 is 0 Å². The van der Waals surface area contributed by atoms with E-state index in [1.165, 1.54) is 18.9 Å². The van der Waals surface area contributed by atoms with Crippen molar-refractivity contribution >= 4 is 46.2 Å². The number of amides is 2. The number of thioether (sulfide) groups is 1. The Morgan fingerprint density at radius 3 is 2.56 bits per heavy atom. The minimum atomic E-state index is -0.276. The van der Waals surface area contributed by atoms with Crippen LogP contribution in [-0.2, 0) is 16.0 Å². The standard InChI is InChI=1S/C28H27N3O4S/c1-4-20-10-8-9-13-22(20)30-28-31(2)27(33)25(36-28)17-19-14-15-23(24(16-19)34-3)35-18-26(32)29-21-11-6-5-7-12-21/h5-17H,4,18H2,1-3H3,(H,29,32)/b25-17+,30-28?. The molecule has 1 N–H and O–H groups in total. The van der Waals surface area contributed by atoms with Crippen molar-refractivity contribution in [2.75, 3.05) is 26.1 Å². The number of benzene rings is 3. The number of nitrogens with one attached hydrogen (secondary N) is 1. The highest BCUT2D eigenvalue weighted by Crippen LogP contribution is 2.35. The van der Waals surface area contributed by atoms with Gasteiger partial charge in [0, 0.05) is 12.7 Å². The van der Waals surface area contributed by atoms with Gasteiger partial charge in [-0.05, 0) is 65.7 Å². The number of hydrogen-bond acceptors (Lipinski definition) is 6. The van der Waals surface area contributed by atoms with Crippen LogP contribution in [0, 0.1) is 0 Å². The number of anilines is 1. The lowest BCUT2D eigenvalue weighted by Gasteiger charge is -2.11. The lowest BCUT2D eigenvalue weighted by molar-refractivity contribution is -0.121. The predicted molar refractivity (Wildman–Crippen MR) is 145 cm³/mol. The minimum absolute atomic E-state index is 0.121. The Morgan fingerprint density at radius 2 is 1.81 bits per heavy atom. The summed E-state index contributed by atoms with van der Waals surface area (Å²) in [5, 5.41) is 3.40. The Morgan fingerprint density at radius 1 is 1.06 bits per heavy atom. The highest BCUT2D eigenvalue weighted by Gasteiger charge is 2.30.